The van der Waals surface area contributed by atoms with Crippen LogP contribution in [0.15, 0.2) is 24.3 Å². The molecular weight excluding hydrogens is 198 g/mol. The molecule has 0 amide bonds. The first-order chi connectivity index (χ1) is 7.65. The molecule has 1 saturated carbocycles. The van der Waals surface area contributed by atoms with Gasteiger partial charge in [-0.3, -0.25) is 4.90 Å². The zero-order valence-corrected chi connectivity index (χ0v) is 10.2. The van der Waals surface area contributed by atoms with Crippen molar-refractivity contribution in [2.75, 3.05) is 7.05 Å². The quantitative estimate of drug-likeness (QED) is 0.843. The Morgan fingerprint density at radius 3 is 2.81 bits per heavy atom. The molecule has 0 spiro atoms. The minimum atomic E-state index is -0.0787. The van der Waals surface area contributed by atoms with E-state index in [-0.39, 0.29) is 6.10 Å². The smallest absolute Gasteiger partial charge is 0.0555 e. The number of hydrogen-bond donors (Lipinski definition) is 1. The Balaban J connectivity index is 1.94. The van der Waals surface area contributed by atoms with E-state index in [1.807, 2.05) is 0 Å². The summed E-state index contributed by atoms with van der Waals surface area (Å²) in [4.78, 5) is 2.37. The van der Waals surface area contributed by atoms with Crippen molar-refractivity contribution in [1.82, 2.24) is 4.90 Å². The first-order valence-corrected chi connectivity index (χ1v) is 6.09. The highest BCUT2D eigenvalue weighted by Crippen LogP contribution is 2.24. The van der Waals surface area contributed by atoms with Crippen molar-refractivity contribution >= 4 is 0 Å². The third kappa shape index (κ3) is 2.83. The summed E-state index contributed by atoms with van der Waals surface area (Å²) in [5, 5.41) is 9.53. The summed E-state index contributed by atoms with van der Waals surface area (Å²) in [6.45, 7) is 3.11. The number of aliphatic hydroxyl groups excluding tert-OH is 1. The third-order valence-electron chi connectivity index (χ3n) is 3.52. The lowest BCUT2D eigenvalue weighted by atomic mass is 10.1. The van der Waals surface area contributed by atoms with Crippen LogP contribution in [0.3, 0.4) is 0 Å². The molecule has 2 nitrogen and oxygen atoms in total. The van der Waals surface area contributed by atoms with E-state index < -0.39 is 0 Å². The van der Waals surface area contributed by atoms with E-state index in [0.29, 0.717) is 6.04 Å². The molecule has 1 aromatic carbocycles. The molecule has 2 atom stereocenters. The summed E-state index contributed by atoms with van der Waals surface area (Å²) >= 11 is 0. The second-order valence-corrected chi connectivity index (χ2v) is 5.02. The first kappa shape index (κ1) is 11.6. The van der Waals surface area contributed by atoms with Gasteiger partial charge in [0.15, 0.2) is 0 Å². The molecule has 0 aromatic heterocycles. The molecule has 2 rings (SSSR count). The summed E-state index contributed by atoms with van der Waals surface area (Å²) in [6, 6.07) is 9.21. The normalized spacial score (nSPS) is 25.2. The van der Waals surface area contributed by atoms with Gasteiger partial charge < -0.3 is 5.11 Å². The van der Waals surface area contributed by atoms with E-state index in [1.165, 1.54) is 11.1 Å². The van der Waals surface area contributed by atoms with Crippen molar-refractivity contribution in [2.24, 2.45) is 0 Å². The molecule has 1 aliphatic carbocycles. The van der Waals surface area contributed by atoms with E-state index >= 15 is 0 Å². The SMILES string of the molecule is Cc1cccc(CN(C)C2CCC(O)C2)c1. The number of nitrogens with zero attached hydrogens (tertiary/aromatic N) is 1. The molecule has 0 bridgehead atoms. The lowest BCUT2D eigenvalue weighted by Crippen LogP contribution is -2.29. The molecule has 2 heteroatoms. The number of rotatable bonds is 3. The molecule has 88 valence electrons. The standard InChI is InChI=1S/C14H21NO/c1-11-4-3-5-12(8-11)10-15(2)13-6-7-14(16)9-13/h3-5,8,13-14,16H,6-7,9-10H2,1-2H3. The van der Waals surface area contributed by atoms with Gasteiger partial charge in [0.25, 0.3) is 0 Å². The minimum Gasteiger partial charge on any atom is -0.393 e. The van der Waals surface area contributed by atoms with Gasteiger partial charge in [-0.05, 0) is 38.8 Å². The van der Waals surface area contributed by atoms with Gasteiger partial charge in [0, 0.05) is 12.6 Å². The van der Waals surface area contributed by atoms with E-state index in [0.717, 1.165) is 25.8 Å². The van der Waals surface area contributed by atoms with Crippen molar-refractivity contribution in [3.63, 3.8) is 0 Å². The molecule has 0 saturated heterocycles. The number of benzene rings is 1. The third-order valence-corrected chi connectivity index (χ3v) is 3.52. The maximum absolute atomic E-state index is 9.53. The zero-order valence-electron chi connectivity index (χ0n) is 10.2. The predicted molar refractivity (Wildman–Crippen MR) is 66.3 cm³/mol. The van der Waals surface area contributed by atoms with Crippen LogP contribution < -0.4 is 0 Å². The van der Waals surface area contributed by atoms with Gasteiger partial charge in [0.2, 0.25) is 0 Å². The van der Waals surface area contributed by atoms with Crippen LogP contribution in [-0.2, 0) is 6.54 Å². The van der Waals surface area contributed by atoms with Crippen LogP contribution in [0.1, 0.15) is 30.4 Å². The Morgan fingerprint density at radius 1 is 1.38 bits per heavy atom. The molecule has 0 heterocycles. The van der Waals surface area contributed by atoms with E-state index in [9.17, 15) is 5.11 Å². The molecule has 1 aliphatic rings. The van der Waals surface area contributed by atoms with Crippen LogP contribution >= 0.6 is 0 Å². The number of aryl methyl sites for hydroxylation is 1. The van der Waals surface area contributed by atoms with Gasteiger partial charge >= 0.3 is 0 Å². The van der Waals surface area contributed by atoms with Crippen LogP contribution in [-0.4, -0.2) is 29.2 Å². The van der Waals surface area contributed by atoms with Gasteiger partial charge in [0.1, 0.15) is 0 Å². The van der Waals surface area contributed by atoms with Gasteiger partial charge in [0.05, 0.1) is 6.10 Å². The van der Waals surface area contributed by atoms with Gasteiger partial charge in [-0.2, -0.15) is 0 Å². The second kappa shape index (κ2) is 4.98. The Bertz CT molecular complexity index is 350. The molecule has 2 unspecified atom stereocenters. The zero-order chi connectivity index (χ0) is 11.5. The maximum atomic E-state index is 9.53. The van der Waals surface area contributed by atoms with Crippen molar-refractivity contribution in [3.8, 4) is 0 Å². The highest BCUT2D eigenvalue weighted by molar-refractivity contribution is 5.22. The summed E-state index contributed by atoms with van der Waals surface area (Å²) in [5.74, 6) is 0. The average Bonchev–Trinajstić information content (AvgIpc) is 2.65. The molecule has 16 heavy (non-hydrogen) atoms. The van der Waals surface area contributed by atoms with Crippen molar-refractivity contribution in [2.45, 2.75) is 44.9 Å². The van der Waals surface area contributed by atoms with Crippen LogP contribution in [0.5, 0.6) is 0 Å². The maximum Gasteiger partial charge on any atom is 0.0555 e. The highest BCUT2D eigenvalue weighted by atomic mass is 16.3. The van der Waals surface area contributed by atoms with Crippen molar-refractivity contribution in [1.29, 1.82) is 0 Å². The van der Waals surface area contributed by atoms with Gasteiger partial charge in [-0.1, -0.05) is 29.8 Å². The average molecular weight is 219 g/mol. The fraction of sp³-hybridized carbons (Fsp3) is 0.571. The molecule has 1 N–H and O–H groups in total. The van der Waals surface area contributed by atoms with Crippen LogP contribution in [0.25, 0.3) is 0 Å². The van der Waals surface area contributed by atoms with E-state index in [4.69, 9.17) is 0 Å². The molecule has 0 radical (unpaired) electrons. The second-order valence-electron chi connectivity index (χ2n) is 5.02. The van der Waals surface area contributed by atoms with Crippen molar-refractivity contribution < 1.29 is 5.11 Å². The monoisotopic (exact) mass is 219 g/mol. The summed E-state index contributed by atoms with van der Waals surface area (Å²) in [5.41, 5.74) is 2.68. The number of hydrogen-bond acceptors (Lipinski definition) is 2. The van der Waals surface area contributed by atoms with Gasteiger partial charge in [-0.25, -0.2) is 0 Å². The lowest BCUT2D eigenvalue weighted by molar-refractivity contribution is 0.161. The fourth-order valence-electron chi connectivity index (χ4n) is 2.56. The molecular formula is C14H21NO. The Hall–Kier alpha value is -0.860. The Morgan fingerprint density at radius 2 is 2.19 bits per heavy atom. The first-order valence-electron chi connectivity index (χ1n) is 6.09. The Kier molecular flexibility index (Phi) is 3.62. The van der Waals surface area contributed by atoms with E-state index in [1.54, 1.807) is 0 Å². The molecule has 1 aromatic rings. The lowest BCUT2D eigenvalue weighted by Gasteiger charge is -2.24. The summed E-state index contributed by atoms with van der Waals surface area (Å²) < 4.78 is 0. The fourth-order valence-corrected chi connectivity index (χ4v) is 2.56. The largest absolute Gasteiger partial charge is 0.393 e. The Labute approximate surface area is 97.9 Å². The van der Waals surface area contributed by atoms with E-state index in [2.05, 4.69) is 43.1 Å². The van der Waals surface area contributed by atoms with Crippen molar-refractivity contribution in [3.05, 3.63) is 35.4 Å². The van der Waals surface area contributed by atoms with Crippen LogP contribution in [0.4, 0.5) is 0 Å². The molecule has 0 aliphatic heterocycles. The summed E-state index contributed by atoms with van der Waals surface area (Å²) in [6.07, 6.45) is 2.94. The molecule has 1 fully saturated rings. The topological polar surface area (TPSA) is 23.5 Å². The highest BCUT2D eigenvalue weighted by Gasteiger charge is 2.25. The number of aliphatic hydroxyl groups is 1. The predicted octanol–water partition coefficient (Wildman–Crippen LogP) is 2.34. The van der Waals surface area contributed by atoms with Crippen LogP contribution in [0, 0.1) is 6.92 Å². The van der Waals surface area contributed by atoms with Gasteiger partial charge in [-0.15, -0.1) is 0 Å². The van der Waals surface area contributed by atoms with Crippen LogP contribution in [0.2, 0.25) is 0 Å². The minimum absolute atomic E-state index is 0.0787. The summed E-state index contributed by atoms with van der Waals surface area (Å²) in [7, 11) is 2.16.